The van der Waals surface area contributed by atoms with Crippen LogP contribution in [0.15, 0.2) is 0 Å². The van der Waals surface area contributed by atoms with Gasteiger partial charge in [0.05, 0.1) is 18.8 Å². The maximum absolute atomic E-state index is 11.1. The van der Waals surface area contributed by atoms with E-state index >= 15 is 0 Å². The fraction of sp³-hybridized carbons (Fsp3) is 0.944. The average molecular weight is 406 g/mol. The first-order valence-corrected chi connectivity index (χ1v) is 9.55. The van der Waals surface area contributed by atoms with Crippen molar-refractivity contribution in [2.75, 3.05) is 13.2 Å². The SMILES string of the molecule is CC(=O)NCC1OC(OC[C@H](N)C(OC(C)(C)O)C2(C)CC2)C(O)C(O)C1O. The molecule has 0 bridgehead atoms. The van der Waals surface area contributed by atoms with E-state index in [1.165, 1.54) is 20.8 Å². The number of hydrogen-bond acceptors (Lipinski definition) is 9. The molecule has 1 saturated carbocycles. The zero-order chi connectivity index (χ0) is 21.3. The van der Waals surface area contributed by atoms with Crippen LogP contribution in [0.25, 0.3) is 0 Å². The van der Waals surface area contributed by atoms with Crippen molar-refractivity contribution in [3.63, 3.8) is 0 Å². The molecule has 0 aromatic heterocycles. The summed E-state index contributed by atoms with van der Waals surface area (Å²) in [4.78, 5) is 11.1. The molecule has 2 rings (SSSR count). The molecule has 0 aromatic carbocycles. The molecule has 2 fully saturated rings. The highest BCUT2D eigenvalue weighted by Gasteiger charge is 2.50. The van der Waals surface area contributed by atoms with Gasteiger partial charge in [0.25, 0.3) is 0 Å². The van der Waals surface area contributed by atoms with Gasteiger partial charge in [0.15, 0.2) is 12.1 Å². The number of aliphatic hydroxyl groups is 4. The number of rotatable bonds is 9. The molecular weight excluding hydrogens is 372 g/mol. The van der Waals surface area contributed by atoms with Gasteiger partial charge >= 0.3 is 0 Å². The molecule has 28 heavy (non-hydrogen) atoms. The number of carbonyl (C=O) groups is 1. The normalized spacial score (nSPS) is 34.5. The van der Waals surface area contributed by atoms with Crippen LogP contribution in [-0.4, -0.2) is 88.1 Å². The van der Waals surface area contributed by atoms with Gasteiger partial charge in [-0.05, 0) is 32.1 Å². The number of ether oxygens (including phenoxy) is 3. The van der Waals surface area contributed by atoms with Crippen LogP contribution in [0.5, 0.6) is 0 Å². The van der Waals surface area contributed by atoms with Gasteiger partial charge in [-0.3, -0.25) is 4.79 Å². The summed E-state index contributed by atoms with van der Waals surface area (Å²) in [6.45, 7) is 6.27. The lowest BCUT2D eigenvalue weighted by Crippen LogP contribution is -2.61. The fourth-order valence-electron chi connectivity index (χ4n) is 3.30. The summed E-state index contributed by atoms with van der Waals surface area (Å²) >= 11 is 0. The first-order valence-electron chi connectivity index (χ1n) is 9.55. The van der Waals surface area contributed by atoms with E-state index in [0.717, 1.165) is 12.8 Å². The molecule has 0 radical (unpaired) electrons. The molecule has 7 atom stereocenters. The van der Waals surface area contributed by atoms with E-state index in [0.29, 0.717) is 0 Å². The summed E-state index contributed by atoms with van der Waals surface area (Å²) in [6, 6.07) is -0.618. The van der Waals surface area contributed by atoms with Crippen molar-refractivity contribution in [1.82, 2.24) is 5.32 Å². The van der Waals surface area contributed by atoms with Crippen molar-refractivity contribution in [1.29, 1.82) is 0 Å². The van der Waals surface area contributed by atoms with E-state index in [1.54, 1.807) is 0 Å². The molecule has 6 unspecified atom stereocenters. The number of carbonyl (C=O) groups excluding carboxylic acids is 1. The van der Waals surface area contributed by atoms with Gasteiger partial charge in [-0.15, -0.1) is 0 Å². The molecule has 2 aliphatic rings. The van der Waals surface area contributed by atoms with Gasteiger partial charge in [-0.1, -0.05) is 6.92 Å². The van der Waals surface area contributed by atoms with Crippen molar-refractivity contribution < 1.29 is 39.4 Å². The second kappa shape index (κ2) is 8.88. The summed E-state index contributed by atoms with van der Waals surface area (Å²) in [7, 11) is 0. The molecule has 1 aliphatic heterocycles. The molecule has 0 spiro atoms. The fourth-order valence-corrected chi connectivity index (χ4v) is 3.30. The number of amides is 1. The van der Waals surface area contributed by atoms with Crippen molar-refractivity contribution in [3.05, 3.63) is 0 Å². The van der Waals surface area contributed by atoms with Crippen molar-refractivity contribution in [2.24, 2.45) is 11.1 Å². The predicted molar refractivity (Wildman–Crippen MR) is 97.8 cm³/mol. The molecule has 0 aromatic rings. The monoisotopic (exact) mass is 406 g/mol. The minimum absolute atomic E-state index is 0.0469. The number of nitrogens with one attached hydrogen (secondary N) is 1. The highest BCUT2D eigenvalue weighted by atomic mass is 16.7. The van der Waals surface area contributed by atoms with E-state index in [9.17, 15) is 25.2 Å². The first-order chi connectivity index (χ1) is 12.8. The van der Waals surface area contributed by atoms with Crippen molar-refractivity contribution in [2.45, 2.75) is 89.2 Å². The minimum atomic E-state index is -1.50. The number of nitrogens with two attached hydrogens (primary N) is 1. The Kier molecular flexibility index (Phi) is 7.43. The van der Waals surface area contributed by atoms with Crippen LogP contribution in [0.2, 0.25) is 0 Å². The second-order valence-corrected chi connectivity index (χ2v) is 8.59. The Bertz CT molecular complexity index is 536. The van der Waals surface area contributed by atoms with Gasteiger partial charge in [0.2, 0.25) is 5.91 Å². The average Bonchev–Trinajstić information content (AvgIpc) is 3.33. The van der Waals surface area contributed by atoms with E-state index in [1.807, 2.05) is 6.92 Å². The lowest BCUT2D eigenvalue weighted by atomic mass is 9.95. The first kappa shape index (κ1) is 23.4. The lowest BCUT2D eigenvalue weighted by Gasteiger charge is -2.41. The van der Waals surface area contributed by atoms with Crippen LogP contribution in [0, 0.1) is 5.41 Å². The molecule has 7 N–H and O–H groups in total. The molecule has 164 valence electrons. The molecule has 10 heteroatoms. The Labute approximate surface area is 165 Å². The summed E-state index contributed by atoms with van der Waals surface area (Å²) in [5.74, 6) is -1.68. The molecule has 1 aliphatic carbocycles. The topological polar surface area (TPSA) is 164 Å². The Morgan fingerprint density at radius 3 is 2.39 bits per heavy atom. The van der Waals surface area contributed by atoms with Gasteiger partial charge in [-0.25, -0.2) is 0 Å². The van der Waals surface area contributed by atoms with E-state index in [-0.39, 0.29) is 24.5 Å². The van der Waals surface area contributed by atoms with E-state index < -0.39 is 48.6 Å². The maximum Gasteiger partial charge on any atom is 0.216 e. The summed E-state index contributed by atoms with van der Waals surface area (Å²) in [5, 5.41) is 42.7. The molecule has 10 nitrogen and oxygen atoms in total. The van der Waals surface area contributed by atoms with Crippen molar-refractivity contribution in [3.8, 4) is 0 Å². The third-order valence-corrected chi connectivity index (χ3v) is 5.20. The molecule has 1 amide bonds. The Balaban J connectivity index is 1.97. The molecule has 1 heterocycles. The quantitative estimate of drug-likeness (QED) is 0.242. The van der Waals surface area contributed by atoms with Crippen LogP contribution in [0.4, 0.5) is 0 Å². The van der Waals surface area contributed by atoms with Crippen LogP contribution in [0.3, 0.4) is 0 Å². The summed E-state index contributed by atoms with van der Waals surface area (Å²) in [5.41, 5.74) is 6.07. The third-order valence-electron chi connectivity index (χ3n) is 5.20. The van der Waals surface area contributed by atoms with E-state index in [2.05, 4.69) is 5.32 Å². The lowest BCUT2D eigenvalue weighted by molar-refractivity contribution is -0.299. The van der Waals surface area contributed by atoms with Gasteiger partial charge in [-0.2, -0.15) is 0 Å². The van der Waals surface area contributed by atoms with Crippen LogP contribution < -0.4 is 11.1 Å². The van der Waals surface area contributed by atoms with Crippen LogP contribution in [-0.2, 0) is 19.0 Å². The van der Waals surface area contributed by atoms with Crippen LogP contribution in [0.1, 0.15) is 40.5 Å². The largest absolute Gasteiger partial charge is 0.388 e. The van der Waals surface area contributed by atoms with Crippen molar-refractivity contribution >= 4 is 5.91 Å². The predicted octanol–water partition coefficient (Wildman–Crippen LogP) is -1.81. The molecular formula is C18H34N2O8. The highest BCUT2D eigenvalue weighted by Crippen LogP contribution is 2.51. The minimum Gasteiger partial charge on any atom is -0.388 e. The Morgan fingerprint density at radius 1 is 1.29 bits per heavy atom. The number of aliphatic hydroxyl groups excluding tert-OH is 3. The summed E-state index contributed by atoms with van der Waals surface area (Å²) in [6.07, 6.45) is -5.21. The van der Waals surface area contributed by atoms with E-state index in [4.69, 9.17) is 19.9 Å². The zero-order valence-electron chi connectivity index (χ0n) is 16.9. The second-order valence-electron chi connectivity index (χ2n) is 8.59. The van der Waals surface area contributed by atoms with Crippen LogP contribution >= 0.6 is 0 Å². The molecule has 1 saturated heterocycles. The van der Waals surface area contributed by atoms with Gasteiger partial charge < -0.3 is 45.7 Å². The maximum atomic E-state index is 11.1. The standard InChI is InChI=1S/C18H34N2O8/c1-9(21)20-7-11-12(22)13(23)14(24)16(27-11)26-8-10(19)15(18(4)5-6-18)28-17(2,3)25/h10-16,22-25H,5-8,19H2,1-4H3,(H,20,21)/t10-,11?,12?,13?,14?,15?,16?/m0/s1. The highest BCUT2D eigenvalue weighted by molar-refractivity contribution is 5.72. The number of hydrogen-bond donors (Lipinski definition) is 6. The Morgan fingerprint density at radius 2 is 1.89 bits per heavy atom. The smallest absolute Gasteiger partial charge is 0.216 e. The summed E-state index contributed by atoms with van der Waals surface area (Å²) < 4.78 is 16.8. The Hall–Kier alpha value is -0.850. The van der Waals surface area contributed by atoms with Gasteiger partial charge in [0, 0.05) is 13.5 Å². The third kappa shape index (κ3) is 6.07. The van der Waals surface area contributed by atoms with Gasteiger partial charge in [0.1, 0.15) is 24.4 Å². The zero-order valence-corrected chi connectivity index (χ0v) is 16.9.